The van der Waals surface area contributed by atoms with Crippen molar-refractivity contribution in [2.45, 2.75) is 24.8 Å². The van der Waals surface area contributed by atoms with Gasteiger partial charge in [-0.05, 0) is 0 Å². The van der Waals surface area contributed by atoms with E-state index in [9.17, 15) is 0 Å². The van der Waals surface area contributed by atoms with Crippen LogP contribution in [0.3, 0.4) is 0 Å². The fraction of sp³-hybridized carbons (Fsp3) is 0.800. The first kappa shape index (κ1) is 8.11. The zero-order valence-corrected chi connectivity index (χ0v) is 8.36. The van der Waals surface area contributed by atoms with E-state index >= 15 is 0 Å². The van der Waals surface area contributed by atoms with E-state index in [4.69, 9.17) is 3.63 Å². The van der Waals surface area contributed by atoms with Gasteiger partial charge in [0.1, 0.15) is 0 Å². The van der Waals surface area contributed by atoms with E-state index < -0.39 is 16.6 Å². The minimum atomic E-state index is -1.30. The van der Waals surface area contributed by atoms with E-state index in [1.807, 2.05) is 13.8 Å². The zero-order chi connectivity index (χ0) is 6.57. The fourth-order valence-corrected chi connectivity index (χ4v) is 1.10. The first-order valence-corrected chi connectivity index (χ1v) is 8.63. The van der Waals surface area contributed by atoms with Gasteiger partial charge >= 0.3 is 55.9 Å². The van der Waals surface area contributed by atoms with Crippen molar-refractivity contribution in [3.05, 3.63) is 0 Å². The normalized spacial score (nSPS) is 8.00. The summed E-state index contributed by atoms with van der Waals surface area (Å²) < 4.78 is 5.08. The molecule has 0 aliphatic heterocycles. The van der Waals surface area contributed by atoms with Crippen molar-refractivity contribution in [3.8, 4) is 0 Å². The predicted molar refractivity (Wildman–Crippen MR) is 37.4 cm³/mol. The number of oxime groups is 1. The summed E-state index contributed by atoms with van der Waals surface area (Å²) in [6.07, 6.45) is 0. The summed E-state index contributed by atoms with van der Waals surface area (Å²) in [6.45, 7) is 3.87. The molecule has 0 saturated carbocycles. The van der Waals surface area contributed by atoms with E-state index in [1.165, 1.54) is 0 Å². The molecule has 0 amide bonds. The van der Waals surface area contributed by atoms with Crippen LogP contribution in [0.5, 0.6) is 0 Å². The minimum absolute atomic E-state index is 1.00. The van der Waals surface area contributed by atoms with E-state index in [0.717, 1.165) is 5.71 Å². The van der Waals surface area contributed by atoms with Crippen LogP contribution >= 0.6 is 0 Å². The third-order valence-corrected chi connectivity index (χ3v) is 1.55. The average molecular weight is 172 g/mol. The molecule has 0 aromatic heterocycles. The third kappa shape index (κ3) is 6.11. The summed E-state index contributed by atoms with van der Waals surface area (Å²) in [4.78, 5) is 0. The van der Waals surface area contributed by atoms with Crippen molar-refractivity contribution in [3.63, 3.8) is 0 Å². The van der Waals surface area contributed by atoms with Crippen molar-refractivity contribution in [1.82, 2.24) is 0 Å². The van der Waals surface area contributed by atoms with Crippen LogP contribution in [0.4, 0.5) is 0 Å². The molecule has 46 valence electrons. The molecule has 0 rings (SSSR count). The molecular formula is C5H12GaNO. The Bertz CT molecular complexity index is 86.4. The third-order valence-electron chi connectivity index (χ3n) is 0.446. The van der Waals surface area contributed by atoms with Gasteiger partial charge in [-0.1, -0.05) is 0 Å². The molecule has 0 bridgehead atoms. The molecule has 0 fully saturated rings. The van der Waals surface area contributed by atoms with Gasteiger partial charge in [0.15, 0.2) is 0 Å². The van der Waals surface area contributed by atoms with E-state index in [-0.39, 0.29) is 0 Å². The SMILES string of the molecule is CC(C)=N[O][Ga]([CH3])[CH3]. The van der Waals surface area contributed by atoms with Crippen LogP contribution < -0.4 is 0 Å². The van der Waals surface area contributed by atoms with Gasteiger partial charge in [-0.25, -0.2) is 0 Å². The fourth-order valence-electron chi connectivity index (χ4n) is 0.211. The van der Waals surface area contributed by atoms with Crippen LogP contribution in [0.25, 0.3) is 0 Å². The molecule has 3 heteroatoms. The second kappa shape index (κ2) is 4.03. The van der Waals surface area contributed by atoms with Gasteiger partial charge in [0.2, 0.25) is 0 Å². The molecule has 0 saturated heterocycles. The zero-order valence-electron chi connectivity index (χ0n) is 5.93. The monoisotopic (exact) mass is 171 g/mol. The average Bonchev–Trinajstić information content (AvgIpc) is 1.61. The van der Waals surface area contributed by atoms with Gasteiger partial charge in [0.25, 0.3) is 0 Å². The van der Waals surface area contributed by atoms with Crippen LogP contribution in [0.2, 0.25) is 11.0 Å². The standard InChI is InChI=1S/C3H7NO.2CH3.Ga/c1-3(2)4-5;;;/h5H,1-2H3;2*1H3;/q;;;+1/p-1. The Morgan fingerprint density at radius 2 is 1.88 bits per heavy atom. The first-order valence-electron chi connectivity index (χ1n) is 2.80. The Labute approximate surface area is 56.4 Å². The molecule has 2 nitrogen and oxygen atoms in total. The van der Waals surface area contributed by atoms with E-state index in [2.05, 4.69) is 16.1 Å². The van der Waals surface area contributed by atoms with Crippen LogP contribution in [0.15, 0.2) is 5.16 Å². The molecule has 0 atom stereocenters. The number of hydrogen-bond donors (Lipinski definition) is 0. The molecule has 0 radical (unpaired) electrons. The van der Waals surface area contributed by atoms with Gasteiger partial charge in [0, 0.05) is 0 Å². The Morgan fingerprint density at radius 1 is 1.38 bits per heavy atom. The second-order valence-corrected chi connectivity index (χ2v) is 7.04. The van der Waals surface area contributed by atoms with Gasteiger partial charge in [-0.15, -0.1) is 0 Å². The molecule has 0 aromatic carbocycles. The van der Waals surface area contributed by atoms with Crippen LogP contribution in [-0.2, 0) is 3.63 Å². The van der Waals surface area contributed by atoms with E-state index in [1.54, 1.807) is 0 Å². The quantitative estimate of drug-likeness (QED) is 0.352. The molecule has 8 heavy (non-hydrogen) atoms. The molecule has 0 spiro atoms. The summed E-state index contributed by atoms with van der Waals surface area (Å²) in [7, 11) is 0. The van der Waals surface area contributed by atoms with Crippen molar-refractivity contribution in [2.75, 3.05) is 0 Å². The number of hydrogen-bond acceptors (Lipinski definition) is 2. The maximum atomic E-state index is 5.08. The second-order valence-electron chi connectivity index (χ2n) is 2.19. The summed E-state index contributed by atoms with van der Waals surface area (Å²) in [5.41, 5.74) is 5.28. The Balaban J connectivity index is 3.29. The van der Waals surface area contributed by atoms with Crippen LogP contribution in [0, 0.1) is 0 Å². The van der Waals surface area contributed by atoms with Crippen molar-refractivity contribution < 1.29 is 3.63 Å². The topological polar surface area (TPSA) is 21.6 Å². The molecule has 0 N–H and O–H groups in total. The molecule has 0 aliphatic rings. The van der Waals surface area contributed by atoms with Gasteiger partial charge in [-0.3, -0.25) is 0 Å². The van der Waals surface area contributed by atoms with E-state index in [0.29, 0.717) is 0 Å². The Hall–Kier alpha value is 0.106. The summed E-state index contributed by atoms with van der Waals surface area (Å²) in [5, 5.41) is 3.82. The molecule has 0 aromatic rings. The molecular weight excluding hydrogens is 160 g/mol. The summed E-state index contributed by atoms with van der Waals surface area (Å²) >= 11 is -1.30. The maximum absolute atomic E-state index is 5.08. The van der Waals surface area contributed by atoms with Crippen molar-refractivity contribution in [2.24, 2.45) is 5.16 Å². The summed E-state index contributed by atoms with van der Waals surface area (Å²) in [5.74, 6) is 0. The summed E-state index contributed by atoms with van der Waals surface area (Å²) in [6, 6.07) is 0. The predicted octanol–water partition coefficient (Wildman–Crippen LogP) is 1.65. The molecule has 0 heterocycles. The van der Waals surface area contributed by atoms with Gasteiger partial charge in [-0.2, -0.15) is 0 Å². The number of nitrogens with zero attached hydrogens (tertiary/aromatic N) is 1. The first-order chi connectivity index (χ1) is 3.63. The molecule has 0 aliphatic carbocycles. The van der Waals surface area contributed by atoms with Gasteiger partial charge < -0.3 is 0 Å². The Kier molecular flexibility index (Phi) is 4.09. The van der Waals surface area contributed by atoms with Crippen molar-refractivity contribution in [1.29, 1.82) is 0 Å². The van der Waals surface area contributed by atoms with Crippen molar-refractivity contribution >= 4 is 22.3 Å². The Morgan fingerprint density at radius 3 is 2.00 bits per heavy atom. The van der Waals surface area contributed by atoms with Crippen LogP contribution in [0.1, 0.15) is 13.8 Å². The number of rotatable bonds is 2. The van der Waals surface area contributed by atoms with Gasteiger partial charge in [0.05, 0.1) is 0 Å². The van der Waals surface area contributed by atoms with Crippen LogP contribution in [-0.4, -0.2) is 22.3 Å². The molecule has 0 unspecified atom stereocenters.